The molecule has 0 radical (unpaired) electrons. The number of nitrogens with two attached hydrogens (primary N) is 1. The van der Waals surface area contributed by atoms with Crippen LogP contribution in [-0.4, -0.2) is 7.11 Å². The molecule has 0 aliphatic heterocycles. The number of halogens is 1. The molecule has 2 N–H and O–H groups in total. The van der Waals surface area contributed by atoms with Gasteiger partial charge < -0.3 is 10.5 Å². The largest absolute Gasteiger partial charge is 0.496 e. The Balaban J connectivity index is 0.00000162. The van der Waals surface area contributed by atoms with E-state index in [0.717, 1.165) is 11.3 Å². The van der Waals surface area contributed by atoms with E-state index in [0.29, 0.717) is 6.54 Å². The molecule has 3 heteroatoms. The second-order valence-corrected chi connectivity index (χ2v) is 4.10. The van der Waals surface area contributed by atoms with Crippen LogP contribution in [0.25, 0.3) is 11.1 Å². The molecule has 2 aromatic rings. The molecule has 0 unspecified atom stereocenters. The number of ether oxygens (including phenoxy) is 1. The van der Waals surface area contributed by atoms with Crippen molar-refractivity contribution in [2.45, 2.75) is 13.5 Å². The third kappa shape index (κ3) is 3.03. The molecule has 2 rings (SSSR count). The standard InChI is InChI=1S/C15H17NO.ClH/c1-11-4-3-5-12(8-11)13-6-7-15(17-2)14(9-13)10-16;/h3-9H,10,16H2,1-2H3;1H. The maximum absolute atomic E-state index is 5.72. The van der Waals surface area contributed by atoms with Gasteiger partial charge in [0, 0.05) is 12.1 Å². The van der Waals surface area contributed by atoms with Crippen molar-refractivity contribution in [3.63, 3.8) is 0 Å². The SMILES string of the molecule is COc1ccc(-c2cccc(C)c2)cc1CN.Cl. The predicted octanol–water partition coefficient (Wildman–Crippen LogP) is 3.55. The van der Waals surface area contributed by atoms with Crippen molar-refractivity contribution < 1.29 is 4.74 Å². The molecule has 0 saturated heterocycles. The summed E-state index contributed by atoms with van der Waals surface area (Å²) in [6, 6.07) is 14.6. The lowest BCUT2D eigenvalue weighted by Gasteiger charge is -2.09. The third-order valence-electron chi connectivity index (χ3n) is 2.85. The number of hydrogen-bond acceptors (Lipinski definition) is 2. The zero-order chi connectivity index (χ0) is 12.3. The number of aryl methyl sites for hydroxylation is 1. The van der Waals surface area contributed by atoms with E-state index in [1.165, 1.54) is 16.7 Å². The van der Waals surface area contributed by atoms with E-state index in [1.54, 1.807) is 7.11 Å². The molecule has 0 spiro atoms. The zero-order valence-corrected chi connectivity index (χ0v) is 11.5. The van der Waals surface area contributed by atoms with Gasteiger partial charge in [0.25, 0.3) is 0 Å². The topological polar surface area (TPSA) is 35.2 Å². The first kappa shape index (κ1) is 14.6. The molecule has 0 fully saturated rings. The number of rotatable bonds is 3. The van der Waals surface area contributed by atoms with E-state index in [2.05, 4.69) is 43.3 Å². The highest BCUT2D eigenvalue weighted by Gasteiger charge is 2.04. The minimum atomic E-state index is 0. The van der Waals surface area contributed by atoms with E-state index in [1.807, 2.05) is 6.07 Å². The fraction of sp³-hybridized carbons (Fsp3) is 0.200. The summed E-state index contributed by atoms with van der Waals surface area (Å²) in [5, 5.41) is 0. The second kappa shape index (κ2) is 6.43. The molecule has 18 heavy (non-hydrogen) atoms. The Morgan fingerprint density at radius 1 is 1.06 bits per heavy atom. The Labute approximate surface area is 114 Å². The maximum Gasteiger partial charge on any atom is 0.123 e. The highest BCUT2D eigenvalue weighted by atomic mass is 35.5. The quantitative estimate of drug-likeness (QED) is 0.919. The van der Waals surface area contributed by atoms with Crippen LogP contribution in [0, 0.1) is 6.92 Å². The molecule has 0 atom stereocenters. The van der Waals surface area contributed by atoms with Crippen molar-refractivity contribution in [2.75, 3.05) is 7.11 Å². The van der Waals surface area contributed by atoms with E-state index in [9.17, 15) is 0 Å². The molecular formula is C15H18ClNO. The van der Waals surface area contributed by atoms with Crippen molar-refractivity contribution >= 4 is 12.4 Å². The van der Waals surface area contributed by atoms with E-state index in [-0.39, 0.29) is 12.4 Å². The van der Waals surface area contributed by atoms with Gasteiger partial charge in [-0.2, -0.15) is 0 Å². The van der Waals surface area contributed by atoms with Gasteiger partial charge in [-0.05, 0) is 30.2 Å². The van der Waals surface area contributed by atoms with Gasteiger partial charge in [0.1, 0.15) is 5.75 Å². The van der Waals surface area contributed by atoms with Gasteiger partial charge in [-0.25, -0.2) is 0 Å². The molecule has 2 nitrogen and oxygen atoms in total. The molecule has 0 aliphatic carbocycles. The summed E-state index contributed by atoms with van der Waals surface area (Å²) in [6.07, 6.45) is 0. The van der Waals surface area contributed by atoms with Gasteiger partial charge in [-0.3, -0.25) is 0 Å². The molecular weight excluding hydrogens is 246 g/mol. The fourth-order valence-corrected chi connectivity index (χ4v) is 1.94. The Morgan fingerprint density at radius 2 is 1.78 bits per heavy atom. The van der Waals surface area contributed by atoms with Gasteiger partial charge >= 0.3 is 0 Å². The normalized spacial score (nSPS) is 9.72. The Kier molecular flexibility index (Phi) is 5.20. The summed E-state index contributed by atoms with van der Waals surface area (Å²) in [5.74, 6) is 0.851. The number of methoxy groups -OCH3 is 1. The Bertz CT molecular complexity index is 526. The molecule has 96 valence electrons. The summed E-state index contributed by atoms with van der Waals surface area (Å²) < 4.78 is 5.27. The molecule has 2 aromatic carbocycles. The van der Waals surface area contributed by atoms with Crippen molar-refractivity contribution in [1.29, 1.82) is 0 Å². The third-order valence-corrected chi connectivity index (χ3v) is 2.85. The van der Waals surface area contributed by atoms with E-state index >= 15 is 0 Å². The lowest BCUT2D eigenvalue weighted by atomic mass is 10.0. The fourth-order valence-electron chi connectivity index (χ4n) is 1.94. The monoisotopic (exact) mass is 263 g/mol. The minimum absolute atomic E-state index is 0. The summed E-state index contributed by atoms with van der Waals surface area (Å²) in [4.78, 5) is 0. The van der Waals surface area contributed by atoms with Crippen LogP contribution in [0.1, 0.15) is 11.1 Å². The van der Waals surface area contributed by atoms with Gasteiger partial charge in [-0.15, -0.1) is 12.4 Å². The van der Waals surface area contributed by atoms with E-state index < -0.39 is 0 Å². The molecule has 0 amide bonds. The maximum atomic E-state index is 5.72. The molecule has 0 aliphatic rings. The molecule has 0 bridgehead atoms. The second-order valence-electron chi connectivity index (χ2n) is 4.10. The van der Waals surface area contributed by atoms with Crippen LogP contribution >= 0.6 is 12.4 Å². The molecule has 0 aromatic heterocycles. The van der Waals surface area contributed by atoms with Crippen LogP contribution in [0.5, 0.6) is 5.75 Å². The van der Waals surface area contributed by atoms with Gasteiger partial charge in [0.15, 0.2) is 0 Å². The average molecular weight is 264 g/mol. The van der Waals surface area contributed by atoms with Crippen molar-refractivity contribution in [1.82, 2.24) is 0 Å². The summed E-state index contributed by atoms with van der Waals surface area (Å²) in [7, 11) is 1.67. The Hall–Kier alpha value is -1.51. The summed E-state index contributed by atoms with van der Waals surface area (Å²) in [5.41, 5.74) is 10.4. The molecule has 0 saturated carbocycles. The van der Waals surface area contributed by atoms with Gasteiger partial charge in [0.05, 0.1) is 7.11 Å². The number of benzene rings is 2. The summed E-state index contributed by atoms with van der Waals surface area (Å²) in [6.45, 7) is 2.58. The van der Waals surface area contributed by atoms with Crippen LogP contribution in [-0.2, 0) is 6.54 Å². The molecule has 0 heterocycles. The van der Waals surface area contributed by atoms with Crippen LogP contribution in [0.3, 0.4) is 0 Å². The van der Waals surface area contributed by atoms with Crippen LogP contribution < -0.4 is 10.5 Å². The van der Waals surface area contributed by atoms with Gasteiger partial charge in [0.2, 0.25) is 0 Å². The van der Waals surface area contributed by atoms with Crippen molar-refractivity contribution in [3.05, 3.63) is 53.6 Å². The Morgan fingerprint density at radius 3 is 2.39 bits per heavy atom. The van der Waals surface area contributed by atoms with Gasteiger partial charge in [-0.1, -0.05) is 35.9 Å². The predicted molar refractivity (Wildman–Crippen MR) is 78.3 cm³/mol. The van der Waals surface area contributed by atoms with Crippen LogP contribution in [0.15, 0.2) is 42.5 Å². The first-order chi connectivity index (χ1) is 8.24. The van der Waals surface area contributed by atoms with Crippen molar-refractivity contribution in [2.24, 2.45) is 5.73 Å². The van der Waals surface area contributed by atoms with Crippen LogP contribution in [0.2, 0.25) is 0 Å². The highest BCUT2D eigenvalue weighted by Crippen LogP contribution is 2.26. The minimum Gasteiger partial charge on any atom is -0.496 e. The zero-order valence-electron chi connectivity index (χ0n) is 10.6. The summed E-state index contributed by atoms with van der Waals surface area (Å²) >= 11 is 0. The lowest BCUT2D eigenvalue weighted by Crippen LogP contribution is -2.00. The smallest absolute Gasteiger partial charge is 0.123 e. The van der Waals surface area contributed by atoms with E-state index in [4.69, 9.17) is 10.5 Å². The van der Waals surface area contributed by atoms with Crippen molar-refractivity contribution in [3.8, 4) is 16.9 Å². The van der Waals surface area contributed by atoms with Crippen LogP contribution in [0.4, 0.5) is 0 Å². The first-order valence-electron chi connectivity index (χ1n) is 5.68. The lowest BCUT2D eigenvalue weighted by molar-refractivity contribution is 0.410. The average Bonchev–Trinajstić information content (AvgIpc) is 2.38. The number of hydrogen-bond donors (Lipinski definition) is 1. The highest BCUT2D eigenvalue weighted by molar-refractivity contribution is 5.85. The first-order valence-corrected chi connectivity index (χ1v) is 5.68.